The standard InChI is InChI=1S/C15H21Cl2NO/c1-10(2)8-13(19)18-9-15(3,4)14-11(16)6-5-7-12(14)17/h5-7,10H,8-9H2,1-4H3,(H,18,19). The fraction of sp³-hybridized carbons (Fsp3) is 0.533. The Morgan fingerprint density at radius 3 is 2.26 bits per heavy atom. The van der Waals surface area contributed by atoms with E-state index in [0.717, 1.165) is 5.56 Å². The number of amides is 1. The Bertz CT molecular complexity index is 435. The first kappa shape index (κ1) is 16.3. The highest BCUT2D eigenvalue weighted by molar-refractivity contribution is 6.36. The van der Waals surface area contributed by atoms with Gasteiger partial charge in [0.15, 0.2) is 0 Å². The van der Waals surface area contributed by atoms with E-state index in [0.29, 0.717) is 28.9 Å². The second kappa shape index (κ2) is 6.62. The van der Waals surface area contributed by atoms with Gasteiger partial charge in [0.1, 0.15) is 0 Å². The highest BCUT2D eigenvalue weighted by Gasteiger charge is 2.26. The molecular formula is C15H21Cl2NO. The predicted octanol–water partition coefficient (Wildman–Crippen LogP) is 4.43. The number of rotatable bonds is 5. The van der Waals surface area contributed by atoms with E-state index in [1.165, 1.54) is 0 Å². The third-order valence-electron chi connectivity index (χ3n) is 2.96. The number of hydrogen-bond acceptors (Lipinski definition) is 1. The predicted molar refractivity (Wildman–Crippen MR) is 82.0 cm³/mol. The van der Waals surface area contributed by atoms with Crippen molar-refractivity contribution in [2.24, 2.45) is 5.92 Å². The Morgan fingerprint density at radius 2 is 1.79 bits per heavy atom. The number of carbonyl (C=O) groups excluding carboxylic acids is 1. The van der Waals surface area contributed by atoms with Crippen LogP contribution in [0.25, 0.3) is 0 Å². The van der Waals surface area contributed by atoms with Crippen molar-refractivity contribution in [2.45, 2.75) is 39.5 Å². The summed E-state index contributed by atoms with van der Waals surface area (Å²) in [5.41, 5.74) is 0.574. The molecule has 0 fully saturated rings. The van der Waals surface area contributed by atoms with E-state index in [1.54, 1.807) is 0 Å². The summed E-state index contributed by atoms with van der Waals surface area (Å²) in [5.74, 6) is 0.415. The molecule has 1 amide bonds. The number of hydrogen-bond donors (Lipinski definition) is 1. The molecule has 2 nitrogen and oxygen atoms in total. The lowest BCUT2D eigenvalue weighted by Gasteiger charge is -2.28. The van der Waals surface area contributed by atoms with E-state index in [2.05, 4.69) is 5.32 Å². The van der Waals surface area contributed by atoms with Gasteiger partial charge in [0.2, 0.25) is 5.91 Å². The topological polar surface area (TPSA) is 29.1 Å². The molecule has 0 spiro atoms. The van der Waals surface area contributed by atoms with Crippen LogP contribution < -0.4 is 5.32 Å². The summed E-state index contributed by atoms with van der Waals surface area (Å²) in [6, 6.07) is 5.46. The molecule has 0 saturated carbocycles. The summed E-state index contributed by atoms with van der Waals surface area (Å²) in [7, 11) is 0. The van der Waals surface area contributed by atoms with Crippen molar-refractivity contribution in [3.05, 3.63) is 33.8 Å². The summed E-state index contributed by atoms with van der Waals surface area (Å²) >= 11 is 12.4. The zero-order valence-corrected chi connectivity index (χ0v) is 13.4. The first-order valence-electron chi connectivity index (χ1n) is 6.45. The number of carbonyl (C=O) groups is 1. The van der Waals surface area contributed by atoms with Crippen LogP contribution in [0.4, 0.5) is 0 Å². The van der Waals surface area contributed by atoms with Crippen LogP contribution in [0.2, 0.25) is 10.0 Å². The smallest absolute Gasteiger partial charge is 0.220 e. The van der Waals surface area contributed by atoms with Crippen LogP contribution in [-0.2, 0) is 10.2 Å². The van der Waals surface area contributed by atoms with Gasteiger partial charge in [-0.2, -0.15) is 0 Å². The summed E-state index contributed by atoms with van der Waals surface area (Å²) < 4.78 is 0. The molecule has 0 heterocycles. The van der Waals surface area contributed by atoms with Crippen molar-refractivity contribution < 1.29 is 4.79 Å². The minimum atomic E-state index is -0.304. The molecule has 1 rings (SSSR count). The minimum absolute atomic E-state index is 0.0613. The fourth-order valence-corrected chi connectivity index (χ4v) is 2.90. The zero-order chi connectivity index (χ0) is 14.6. The molecule has 0 aromatic heterocycles. The first-order valence-corrected chi connectivity index (χ1v) is 7.21. The zero-order valence-electron chi connectivity index (χ0n) is 11.9. The lowest BCUT2D eigenvalue weighted by molar-refractivity contribution is -0.122. The van der Waals surface area contributed by atoms with Crippen LogP contribution in [-0.4, -0.2) is 12.5 Å². The van der Waals surface area contributed by atoms with Crippen molar-refractivity contribution in [2.75, 3.05) is 6.54 Å². The molecule has 0 atom stereocenters. The highest BCUT2D eigenvalue weighted by Crippen LogP contribution is 2.35. The number of benzene rings is 1. The van der Waals surface area contributed by atoms with Crippen molar-refractivity contribution in [3.63, 3.8) is 0 Å². The number of halogens is 2. The third-order valence-corrected chi connectivity index (χ3v) is 3.59. The molecule has 19 heavy (non-hydrogen) atoms. The van der Waals surface area contributed by atoms with Crippen molar-refractivity contribution in [3.8, 4) is 0 Å². The largest absolute Gasteiger partial charge is 0.355 e. The van der Waals surface area contributed by atoms with Gasteiger partial charge in [0.05, 0.1) is 0 Å². The maximum Gasteiger partial charge on any atom is 0.220 e. The van der Waals surface area contributed by atoms with Gasteiger partial charge in [0, 0.05) is 28.4 Å². The van der Waals surface area contributed by atoms with Gasteiger partial charge in [-0.05, 0) is 23.6 Å². The van der Waals surface area contributed by atoms with Crippen molar-refractivity contribution >= 4 is 29.1 Å². The maximum absolute atomic E-state index is 11.7. The lowest BCUT2D eigenvalue weighted by Crippen LogP contribution is -2.37. The molecule has 0 unspecified atom stereocenters. The van der Waals surface area contributed by atoms with Gasteiger partial charge >= 0.3 is 0 Å². The molecule has 0 radical (unpaired) electrons. The Morgan fingerprint density at radius 1 is 1.26 bits per heavy atom. The molecule has 0 aliphatic rings. The van der Waals surface area contributed by atoms with Gasteiger partial charge in [0.25, 0.3) is 0 Å². The summed E-state index contributed by atoms with van der Waals surface area (Å²) in [6.07, 6.45) is 0.534. The fourth-order valence-electron chi connectivity index (χ4n) is 2.00. The van der Waals surface area contributed by atoms with Crippen LogP contribution in [0.5, 0.6) is 0 Å². The van der Waals surface area contributed by atoms with Crippen molar-refractivity contribution in [1.29, 1.82) is 0 Å². The van der Waals surface area contributed by atoms with E-state index in [1.807, 2.05) is 45.9 Å². The van der Waals surface area contributed by atoms with Crippen LogP contribution in [0, 0.1) is 5.92 Å². The SMILES string of the molecule is CC(C)CC(=O)NCC(C)(C)c1c(Cl)cccc1Cl. The Hall–Kier alpha value is -0.730. The van der Waals surface area contributed by atoms with Crippen LogP contribution in [0.1, 0.15) is 39.7 Å². The quantitative estimate of drug-likeness (QED) is 0.856. The average Bonchev–Trinajstić information content (AvgIpc) is 2.25. The van der Waals surface area contributed by atoms with Gasteiger partial charge in [-0.1, -0.05) is 57.0 Å². The second-order valence-electron chi connectivity index (χ2n) is 5.86. The molecule has 4 heteroatoms. The van der Waals surface area contributed by atoms with Gasteiger partial charge in [-0.25, -0.2) is 0 Å². The summed E-state index contributed by atoms with van der Waals surface area (Å²) in [5, 5.41) is 4.22. The lowest BCUT2D eigenvalue weighted by atomic mass is 9.84. The normalized spacial score (nSPS) is 11.7. The summed E-state index contributed by atoms with van der Waals surface area (Å²) in [6.45, 7) is 8.61. The summed E-state index contributed by atoms with van der Waals surface area (Å²) in [4.78, 5) is 11.7. The molecule has 1 aromatic carbocycles. The average molecular weight is 302 g/mol. The Kier molecular flexibility index (Phi) is 5.69. The van der Waals surface area contributed by atoms with E-state index in [-0.39, 0.29) is 11.3 Å². The van der Waals surface area contributed by atoms with Crippen LogP contribution in [0.3, 0.4) is 0 Å². The number of nitrogens with one attached hydrogen (secondary N) is 1. The molecular weight excluding hydrogens is 281 g/mol. The molecule has 0 bridgehead atoms. The maximum atomic E-state index is 11.7. The molecule has 0 aliphatic heterocycles. The van der Waals surface area contributed by atoms with Crippen molar-refractivity contribution in [1.82, 2.24) is 5.32 Å². The van der Waals surface area contributed by atoms with Crippen LogP contribution in [0.15, 0.2) is 18.2 Å². The highest BCUT2D eigenvalue weighted by atomic mass is 35.5. The molecule has 1 aromatic rings. The van der Waals surface area contributed by atoms with Crippen LogP contribution >= 0.6 is 23.2 Å². The van der Waals surface area contributed by atoms with Gasteiger partial charge in [-0.15, -0.1) is 0 Å². The minimum Gasteiger partial charge on any atom is -0.355 e. The van der Waals surface area contributed by atoms with Gasteiger partial charge < -0.3 is 5.32 Å². The molecule has 0 aliphatic carbocycles. The van der Waals surface area contributed by atoms with E-state index in [4.69, 9.17) is 23.2 Å². The van der Waals surface area contributed by atoms with E-state index >= 15 is 0 Å². The molecule has 1 N–H and O–H groups in total. The van der Waals surface area contributed by atoms with Gasteiger partial charge in [-0.3, -0.25) is 4.79 Å². The Labute approximate surface area is 125 Å². The molecule has 0 saturated heterocycles. The van der Waals surface area contributed by atoms with E-state index < -0.39 is 0 Å². The molecule has 106 valence electrons. The Balaban J connectivity index is 2.78. The van der Waals surface area contributed by atoms with E-state index in [9.17, 15) is 4.79 Å². The second-order valence-corrected chi connectivity index (χ2v) is 6.67. The monoisotopic (exact) mass is 301 g/mol. The first-order chi connectivity index (χ1) is 8.74. The third kappa shape index (κ3) is 4.70.